The van der Waals surface area contributed by atoms with Gasteiger partial charge in [-0.05, 0) is 36.8 Å². The van der Waals surface area contributed by atoms with Gasteiger partial charge >= 0.3 is 0 Å². The Morgan fingerprint density at radius 1 is 0.750 bits per heavy atom. The highest BCUT2D eigenvalue weighted by Gasteiger charge is 2.15. The molecule has 0 spiro atoms. The number of benzene rings is 3. The first-order chi connectivity index (χ1) is 9.84. The smallest absolute Gasteiger partial charge is 0.00697 e. The van der Waals surface area contributed by atoms with Gasteiger partial charge in [0.05, 0.1) is 0 Å². The van der Waals surface area contributed by atoms with Crippen molar-refractivity contribution in [2.45, 2.75) is 6.92 Å². The molecule has 0 unspecified atom stereocenters. The zero-order valence-corrected chi connectivity index (χ0v) is 12.3. The molecule has 0 saturated carbocycles. The first-order valence-electron chi connectivity index (χ1n) is 6.73. The molecule has 0 saturated heterocycles. The summed E-state index contributed by atoms with van der Waals surface area (Å²) in [4.78, 5) is 0. The highest BCUT2D eigenvalue weighted by atomic mass is 31.1. The lowest BCUT2D eigenvalue weighted by Crippen LogP contribution is -2.20. The van der Waals surface area contributed by atoms with Gasteiger partial charge < -0.3 is 0 Å². The maximum atomic E-state index is 3.44. The monoisotopic (exact) mass is 275 g/mol. The normalized spacial score (nSPS) is 10.7. The zero-order chi connectivity index (χ0) is 13.8. The van der Waals surface area contributed by atoms with E-state index >= 15 is 0 Å². The average molecular weight is 275 g/mol. The SMILES string of the molecule is Cc1cc[c]c(P(c2ccccc2)c2ccccc2)c1. The van der Waals surface area contributed by atoms with Gasteiger partial charge in [0.25, 0.3) is 0 Å². The van der Waals surface area contributed by atoms with Crippen LogP contribution in [0.25, 0.3) is 0 Å². The van der Waals surface area contributed by atoms with Crippen molar-refractivity contribution in [3.63, 3.8) is 0 Å². The van der Waals surface area contributed by atoms with E-state index < -0.39 is 7.92 Å². The molecule has 0 N–H and O–H groups in total. The molecule has 3 rings (SSSR count). The third-order valence-electron chi connectivity index (χ3n) is 3.21. The predicted octanol–water partition coefficient (Wildman–Crippen LogP) is 3.55. The molecule has 0 aliphatic rings. The molecule has 1 heteroatoms. The molecule has 0 atom stereocenters. The Kier molecular flexibility index (Phi) is 3.95. The average Bonchev–Trinajstić information content (AvgIpc) is 2.50. The van der Waals surface area contributed by atoms with Gasteiger partial charge in [-0.2, -0.15) is 0 Å². The number of aryl methyl sites for hydroxylation is 1. The van der Waals surface area contributed by atoms with Crippen LogP contribution in [0.3, 0.4) is 0 Å². The van der Waals surface area contributed by atoms with Crippen molar-refractivity contribution in [2.75, 3.05) is 0 Å². The number of rotatable bonds is 3. The number of hydrogen-bond acceptors (Lipinski definition) is 0. The fraction of sp³-hybridized carbons (Fsp3) is 0.0526. The molecule has 0 aliphatic carbocycles. The minimum Gasteiger partial charge on any atom is -0.0622 e. The Hall–Kier alpha value is -1.91. The van der Waals surface area contributed by atoms with Gasteiger partial charge in [0.2, 0.25) is 0 Å². The molecule has 20 heavy (non-hydrogen) atoms. The van der Waals surface area contributed by atoms with Crippen LogP contribution in [0.5, 0.6) is 0 Å². The van der Waals surface area contributed by atoms with Crippen LogP contribution in [0.4, 0.5) is 0 Å². The van der Waals surface area contributed by atoms with Crippen LogP contribution in [0, 0.1) is 13.0 Å². The highest BCUT2D eigenvalue weighted by molar-refractivity contribution is 7.79. The van der Waals surface area contributed by atoms with Gasteiger partial charge in [-0.1, -0.05) is 84.4 Å². The van der Waals surface area contributed by atoms with Gasteiger partial charge in [0.15, 0.2) is 0 Å². The fourth-order valence-corrected chi connectivity index (χ4v) is 4.61. The summed E-state index contributed by atoms with van der Waals surface area (Å²) in [5.41, 5.74) is 1.29. The van der Waals surface area contributed by atoms with Crippen molar-refractivity contribution < 1.29 is 0 Å². The second kappa shape index (κ2) is 6.03. The van der Waals surface area contributed by atoms with Crippen molar-refractivity contribution in [3.8, 4) is 0 Å². The predicted molar refractivity (Wildman–Crippen MR) is 88.7 cm³/mol. The molecule has 97 valence electrons. The second-order valence-electron chi connectivity index (χ2n) is 4.76. The summed E-state index contributed by atoms with van der Waals surface area (Å²) >= 11 is 0. The largest absolute Gasteiger partial charge is 0.0622 e. The van der Waals surface area contributed by atoms with Crippen LogP contribution in [-0.4, -0.2) is 0 Å². The van der Waals surface area contributed by atoms with E-state index in [0.29, 0.717) is 0 Å². The lowest BCUT2D eigenvalue weighted by atomic mass is 10.2. The molecular formula is C19H16P. The summed E-state index contributed by atoms with van der Waals surface area (Å²) < 4.78 is 0. The van der Waals surface area contributed by atoms with E-state index in [4.69, 9.17) is 0 Å². The standard InChI is InChI=1S/C19H16P/c1-16-9-8-14-19(15-16)20(17-10-4-2-5-11-17)18-12-6-3-7-13-18/h2-13,15H,1H3. The van der Waals surface area contributed by atoms with E-state index in [2.05, 4.69) is 85.8 Å². The van der Waals surface area contributed by atoms with Gasteiger partial charge in [-0.25, -0.2) is 0 Å². The molecule has 0 aliphatic heterocycles. The van der Waals surface area contributed by atoms with Crippen molar-refractivity contribution in [1.29, 1.82) is 0 Å². The van der Waals surface area contributed by atoms with Crippen molar-refractivity contribution >= 4 is 23.8 Å². The molecule has 0 heterocycles. The van der Waals surface area contributed by atoms with Crippen LogP contribution in [0.15, 0.2) is 78.9 Å². The minimum absolute atomic E-state index is 0.518. The molecule has 0 amide bonds. The van der Waals surface area contributed by atoms with Gasteiger partial charge in [0.1, 0.15) is 0 Å². The maximum Gasteiger partial charge on any atom is -0.00697 e. The first kappa shape index (κ1) is 13.1. The molecule has 3 aromatic rings. The Bertz CT molecular complexity index is 635. The molecular weight excluding hydrogens is 259 g/mol. The van der Waals surface area contributed by atoms with E-state index in [-0.39, 0.29) is 0 Å². The van der Waals surface area contributed by atoms with Crippen molar-refractivity contribution in [1.82, 2.24) is 0 Å². The summed E-state index contributed by atoms with van der Waals surface area (Å²) in [7, 11) is -0.518. The Morgan fingerprint density at radius 3 is 1.80 bits per heavy atom. The van der Waals surface area contributed by atoms with E-state index in [0.717, 1.165) is 0 Å². The van der Waals surface area contributed by atoms with Crippen LogP contribution >= 0.6 is 7.92 Å². The van der Waals surface area contributed by atoms with E-state index in [1.807, 2.05) is 6.07 Å². The van der Waals surface area contributed by atoms with Gasteiger partial charge in [-0.3, -0.25) is 0 Å². The number of hydrogen-bond donors (Lipinski definition) is 0. The summed E-state index contributed by atoms with van der Waals surface area (Å²) in [5, 5.41) is 4.03. The zero-order valence-electron chi connectivity index (χ0n) is 11.5. The van der Waals surface area contributed by atoms with E-state index in [9.17, 15) is 0 Å². The topological polar surface area (TPSA) is 0 Å². The second-order valence-corrected chi connectivity index (χ2v) is 6.94. The van der Waals surface area contributed by atoms with Gasteiger partial charge in [-0.15, -0.1) is 0 Å². The lowest BCUT2D eigenvalue weighted by molar-refractivity contribution is 1.49. The van der Waals surface area contributed by atoms with Crippen molar-refractivity contribution in [3.05, 3.63) is 90.5 Å². The quantitative estimate of drug-likeness (QED) is 0.641. The van der Waals surface area contributed by atoms with E-state index in [1.54, 1.807) is 0 Å². The molecule has 0 fully saturated rings. The van der Waals surface area contributed by atoms with Crippen LogP contribution in [0.2, 0.25) is 0 Å². The molecule has 3 aromatic carbocycles. The minimum atomic E-state index is -0.518. The summed E-state index contributed by atoms with van der Waals surface area (Å²) in [6.45, 7) is 2.14. The Labute approximate surface area is 121 Å². The van der Waals surface area contributed by atoms with Crippen LogP contribution in [-0.2, 0) is 0 Å². The molecule has 1 radical (unpaired) electrons. The Morgan fingerprint density at radius 2 is 1.30 bits per heavy atom. The van der Waals surface area contributed by atoms with Crippen LogP contribution < -0.4 is 15.9 Å². The molecule has 0 nitrogen and oxygen atoms in total. The molecule has 0 aromatic heterocycles. The van der Waals surface area contributed by atoms with Gasteiger partial charge in [0, 0.05) is 0 Å². The highest BCUT2D eigenvalue weighted by Crippen LogP contribution is 2.32. The fourth-order valence-electron chi connectivity index (χ4n) is 2.27. The third-order valence-corrected chi connectivity index (χ3v) is 5.58. The lowest BCUT2D eigenvalue weighted by Gasteiger charge is -2.19. The summed E-state index contributed by atoms with van der Waals surface area (Å²) in [6.07, 6.45) is 0. The molecule has 0 bridgehead atoms. The summed E-state index contributed by atoms with van der Waals surface area (Å²) in [5.74, 6) is 0. The van der Waals surface area contributed by atoms with Crippen molar-refractivity contribution in [2.24, 2.45) is 0 Å². The first-order valence-corrected chi connectivity index (χ1v) is 8.07. The summed E-state index contributed by atoms with van der Waals surface area (Å²) in [6, 6.07) is 31.3. The third kappa shape index (κ3) is 2.81. The Balaban J connectivity index is 2.14. The van der Waals surface area contributed by atoms with E-state index in [1.165, 1.54) is 21.5 Å². The maximum absolute atomic E-state index is 3.44. The van der Waals surface area contributed by atoms with Crippen LogP contribution in [0.1, 0.15) is 5.56 Å².